The van der Waals surface area contributed by atoms with E-state index in [1.807, 2.05) is 0 Å². The first-order chi connectivity index (χ1) is 8.72. The van der Waals surface area contributed by atoms with Gasteiger partial charge in [-0.25, -0.2) is 0 Å². The maximum absolute atomic E-state index is 10.7. The van der Waals surface area contributed by atoms with Crippen LogP contribution < -0.4 is 9.47 Å². The van der Waals surface area contributed by atoms with Gasteiger partial charge in [0.05, 0.1) is 7.11 Å². The van der Waals surface area contributed by atoms with Crippen molar-refractivity contribution >= 4 is 6.29 Å². The molecule has 0 aliphatic heterocycles. The molecule has 0 amide bonds. The van der Waals surface area contributed by atoms with Crippen molar-refractivity contribution in [2.24, 2.45) is 0 Å². The molecule has 0 fully saturated rings. The molecule has 0 N–H and O–H groups in total. The molecular weight excluding hydrogens is 236 g/mol. The van der Waals surface area contributed by atoms with E-state index >= 15 is 0 Å². The Morgan fingerprint density at radius 3 is 2.83 bits per heavy atom. The van der Waals surface area contributed by atoms with Crippen LogP contribution >= 0.6 is 0 Å². The van der Waals surface area contributed by atoms with Crippen molar-refractivity contribution in [1.82, 2.24) is 10.1 Å². The molecule has 0 bridgehead atoms. The van der Waals surface area contributed by atoms with E-state index in [4.69, 9.17) is 14.0 Å². The minimum atomic E-state index is 0.125. The average Bonchev–Trinajstić information content (AvgIpc) is 2.81. The van der Waals surface area contributed by atoms with Crippen molar-refractivity contribution in [3.8, 4) is 11.5 Å². The average molecular weight is 248 g/mol. The van der Waals surface area contributed by atoms with E-state index in [9.17, 15) is 4.79 Å². The first-order valence-electron chi connectivity index (χ1n) is 5.28. The van der Waals surface area contributed by atoms with Gasteiger partial charge in [0, 0.05) is 5.56 Å². The second-order valence-corrected chi connectivity index (χ2v) is 3.55. The Labute approximate surface area is 104 Å². The Morgan fingerprint density at radius 1 is 1.39 bits per heavy atom. The van der Waals surface area contributed by atoms with Gasteiger partial charge in [0.1, 0.15) is 6.29 Å². The molecule has 2 aromatic rings. The molecule has 0 aliphatic rings. The number of hydrogen-bond acceptors (Lipinski definition) is 6. The molecule has 1 aromatic carbocycles. The maximum Gasteiger partial charge on any atom is 0.264 e. The van der Waals surface area contributed by atoms with Crippen molar-refractivity contribution < 1.29 is 18.8 Å². The third kappa shape index (κ3) is 2.65. The van der Waals surface area contributed by atoms with Crippen LogP contribution in [0.25, 0.3) is 0 Å². The molecule has 0 saturated heterocycles. The quantitative estimate of drug-likeness (QED) is 0.751. The van der Waals surface area contributed by atoms with Crippen LogP contribution in [0.5, 0.6) is 11.5 Å². The lowest BCUT2D eigenvalue weighted by molar-refractivity contribution is 0.112. The number of aromatic nitrogens is 2. The smallest absolute Gasteiger partial charge is 0.264 e. The first kappa shape index (κ1) is 12.1. The van der Waals surface area contributed by atoms with E-state index in [0.717, 1.165) is 6.29 Å². The molecule has 0 radical (unpaired) electrons. The van der Waals surface area contributed by atoms with Gasteiger partial charge in [-0.15, -0.1) is 0 Å². The third-order valence-corrected chi connectivity index (χ3v) is 2.24. The molecule has 0 unspecified atom stereocenters. The zero-order valence-corrected chi connectivity index (χ0v) is 10.0. The van der Waals surface area contributed by atoms with Gasteiger partial charge in [-0.05, 0) is 25.1 Å². The summed E-state index contributed by atoms with van der Waals surface area (Å²) in [7, 11) is 1.53. The minimum absolute atomic E-state index is 0.125. The van der Waals surface area contributed by atoms with E-state index in [1.165, 1.54) is 7.11 Å². The van der Waals surface area contributed by atoms with Crippen LogP contribution in [0.4, 0.5) is 0 Å². The van der Waals surface area contributed by atoms with E-state index in [2.05, 4.69) is 10.1 Å². The number of methoxy groups -OCH3 is 1. The highest BCUT2D eigenvalue weighted by Gasteiger charge is 2.08. The number of nitrogens with zero attached hydrogens (tertiary/aromatic N) is 2. The molecule has 1 heterocycles. The Hall–Kier alpha value is -2.37. The second-order valence-electron chi connectivity index (χ2n) is 3.55. The number of rotatable bonds is 5. The molecule has 0 aliphatic carbocycles. The molecule has 1 aromatic heterocycles. The summed E-state index contributed by atoms with van der Waals surface area (Å²) in [6.07, 6.45) is 0.739. The van der Waals surface area contributed by atoms with E-state index in [-0.39, 0.29) is 6.61 Å². The first-order valence-corrected chi connectivity index (χ1v) is 5.28. The van der Waals surface area contributed by atoms with E-state index < -0.39 is 0 Å². The standard InChI is InChI=1S/C12H12N2O4/c1-8-13-12(18-14-8)7-17-11-5-9(6-15)3-4-10(11)16-2/h3-6H,7H2,1-2H3. The number of ether oxygens (including phenoxy) is 2. The van der Waals surface area contributed by atoms with Gasteiger partial charge >= 0.3 is 0 Å². The monoisotopic (exact) mass is 248 g/mol. The van der Waals surface area contributed by atoms with Crippen molar-refractivity contribution in [2.45, 2.75) is 13.5 Å². The second kappa shape index (κ2) is 5.31. The molecule has 0 saturated carbocycles. The summed E-state index contributed by atoms with van der Waals surface area (Å²) in [4.78, 5) is 14.7. The number of aldehydes is 1. The fraction of sp³-hybridized carbons (Fsp3) is 0.250. The predicted molar refractivity (Wildman–Crippen MR) is 61.7 cm³/mol. The van der Waals surface area contributed by atoms with Gasteiger partial charge < -0.3 is 14.0 Å². The Bertz CT molecular complexity index is 551. The number of carbonyl (C=O) groups excluding carboxylic acids is 1. The van der Waals surface area contributed by atoms with Crippen LogP contribution in [0.1, 0.15) is 22.1 Å². The molecule has 6 heteroatoms. The van der Waals surface area contributed by atoms with Crippen LogP contribution in [-0.2, 0) is 6.61 Å². The summed E-state index contributed by atoms with van der Waals surface area (Å²) in [5.41, 5.74) is 0.507. The highest BCUT2D eigenvalue weighted by Crippen LogP contribution is 2.28. The van der Waals surface area contributed by atoms with Gasteiger partial charge in [-0.2, -0.15) is 4.98 Å². The summed E-state index contributed by atoms with van der Waals surface area (Å²) in [6, 6.07) is 4.91. The fourth-order valence-electron chi connectivity index (χ4n) is 1.42. The largest absolute Gasteiger partial charge is 0.493 e. The molecular formula is C12H12N2O4. The number of aryl methyl sites for hydroxylation is 1. The lowest BCUT2D eigenvalue weighted by Crippen LogP contribution is -1.99. The molecule has 6 nitrogen and oxygen atoms in total. The van der Waals surface area contributed by atoms with Gasteiger partial charge in [-0.1, -0.05) is 5.16 Å². The topological polar surface area (TPSA) is 74.5 Å². The van der Waals surface area contributed by atoms with Crippen LogP contribution in [0, 0.1) is 6.92 Å². The predicted octanol–water partition coefficient (Wildman–Crippen LogP) is 1.78. The molecule has 94 valence electrons. The summed E-state index contributed by atoms with van der Waals surface area (Å²) < 4.78 is 15.5. The van der Waals surface area contributed by atoms with Gasteiger partial charge in [0.15, 0.2) is 23.9 Å². The van der Waals surface area contributed by atoms with Crippen molar-refractivity contribution in [2.75, 3.05) is 7.11 Å². The van der Waals surface area contributed by atoms with Crippen LogP contribution in [-0.4, -0.2) is 23.5 Å². The summed E-state index contributed by atoms with van der Waals surface area (Å²) >= 11 is 0. The Balaban J connectivity index is 2.14. The summed E-state index contributed by atoms with van der Waals surface area (Å²) in [5.74, 6) is 1.91. The van der Waals surface area contributed by atoms with Crippen LogP contribution in [0.15, 0.2) is 22.7 Å². The number of benzene rings is 1. The highest BCUT2D eigenvalue weighted by atomic mass is 16.5. The molecule has 0 spiro atoms. The normalized spacial score (nSPS) is 10.1. The lowest BCUT2D eigenvalue weighted by atomic mass is 10.2. The summed E-state index contributed by atoms with van der Waals surface area (Å²) in [6.45, 7) is 1.85. The van der Waals surface area contributed by atoms with Crippen molar-refractivity contribution in [3.05, 3.63) is 35.5 Å². The van der Waals surface area contributed by atoms with E-state index in [1.54, 1.807) is 25.1 Å². The molecule has 2 rings (SSSR count). The fourth-order valence-corrected chi connectivity index (χ4v) is 1.42. The van der Waals surface area contributed by atoms with Crippen LogP contribution in [0.2, 0.25) is 0 Å². The maximum atomic E-state index is 10.7. The van der Waals surface area contributed by atoms with Crippen LogP contribution in [0.3, 0.4) is 0 Å². The zero-order chi connectivity index (χ0) is 13.0. The van der Waals surface area contributed by atoms with Crippen molar-refractivity contribution in [3.63, 3.8) is 0 Å². The van der Waals surface area contributed by atoms with Gasteiger partial charge in [0.2, 0.25) is 0 Å². The third-order valence-electron chi connectivity index (χ3n) is 2.24. The minimum Gasteiger partial charge on any atom is -0.493 e. The molecule has 0 atom stereocenters. The highest BCUT2D eigenvalue weighted by molar-refractivity contribution is 5.76. The van der Waals surface area contributed by atoms with Crippen molar-refractivity contribution in [1.29, 1.82) is 0 Å². The SMILES string of the molecule is COc1ccc(C=O)cc1OCc1nc(C)no1. The van der Waals surface area contributed by atoms with Gasteiger partial charge in [-0.3, -0.25) is 4.79 Å². The zero-order valence-electron chi connectivity index (χ0n) is 10.0. The lowest BCUT2D eigenvalue weighted by Gasteiger charge is -2.09. The Morgan fingerprint density at radius 2 is 2.22 bits per heavy atom. The van der Waals surface area contributed by atoms with Gasteiger partial charge in [0.25, 0.3) is 5.89 Å². The number of carbonyl (C=O) groups is 1. The van der Waals surface area contributed by atoms with E-state index in [0.29, 0.717) is 28.8 Å². The molecule has 18 heavy (non-hydrogen) atoms. The summed E-state index contributed by atoms with van der Waals surface area (Å²) in [5, 5.41) is 3.65. The Kier molecular flexibility index (Phi) is 3.57. The number of hydrogen-bond donors (Lipinski definition) is 0.